The lowest BCUT2D eigenvalue weighted by molar-refractivity contribution is 0.222. The van der Waals surface area contributed by atoms with Crippen LogP contribution in [0.15, 0.2) is 0 Å². The van der Waals surface area contributed by atoms with Crippen molar-refractivity contribution in [3.05, 3.63) is 0 Å². The summed E-state index contributed by atoms with van der Waals surface area (Å²) in [4.78, 5) is 0. The van der Waals surface area contributed by atoms with Crippen molar-refractivity contribution >= 4 is 0 Å². The smallest absolute Gasteiger partial charge is 0.0459 e. The highest BCUT2D eigenvalue weighted by Crippen LogP contribution is 2.39. The van der Waals surface area contributed by atoms with Crippen LogP contribution in [0.3, 0.4) is 0 Å². The van der Waals surface area contributed by atoms with E-state index in [9.17, 15) is 0 Å². The zero-order valence-corrected chi connectivity index (χ0v) is 7.88. The third kappa shape index (κ3) is 1.96. The van der Waals surface area contributed by atoms with Crippen molar-refractivity contribution in [2.24, 2.45) is 23.7 Å². The Labute approximate surface area is 69.8 Å². The molecule has 0 bridgehead atoms. The van der Waals surface area contributed by atoms with Crippen LogP contribution in [0.25, 0.3) is 0 Å². The highest BCUT2D eigenvalue weighted by atomic mass is 16.3. The van der Waals surface area contributed by atoms with E-state index >= 15 is 0 Å². The third-order valence-electron chi connectivity index (χ3n) is 3.16. The first-order valence-corrected chi connectivity index (χ1v) is 4.76. The van der Waals surface area contributed by atoms with Crippen molar-refractivity contribution in [3.63, 3.8) is 0 Å². The van der Waals surface area contributed by atoms with Gasteiger partial charge in [0.25, 0.3) is 0 Å². The van der Waals surface area contributed by atoms with Gasteiger partial charge in [0.2, 0.25) is 0 Å². The molecule has 1 nitrogen and oxygen atoms in total. The minimum absolute atomic E-state index is 0.396. The van der Waals surface area contributed by atoms with E-state index in [4.69, 9.17) is 5.11 Å². The van der Waals surface area contributed by atoms with Crippen LogP contribution in [0.1, 0.15) is 33.6 Å². The maximum absolute atomic E-state index is 8.98. The lowest BCUT2D eigenvalue weighted by Crippen LogP contribution is -2.11. The van der Waals surface area contributed by atoms with Crippen LogP contribution in [0.5, 0.6) is 0 Å². The van der Waals surface area contributed by atoms with Crippen molar-refractivity contribution in [1.29, 1.82) is 0 Å². The summed E-state index contributed by atoms with van der Waals surface area (Å²) in [6, 6.07) is 0. The summed E-state index contributed by atoms with van der Waals surface area (Å²) in [5.74, 6) is 3.07. The Balaban J connectivity index is 2.45. The Morgan fingerprint density at radius 3 is 2.27 bits per heavy atom. The minimum atomic E-state index is 0.396. The molecule has 0 aromatic heterocycles. The molecule has 0 amide bonds. The zero-order chi connectivity index (χ0) is 8.43. The predicted octanol–water partition coefficient (Wildman–Crippen LogP) is 2.30. The second-order valence-electron chi connectivity index (χ2n) is 4.41. The van der Waals surface area contributed by atoms with E-state index in [1.165, 1.54) is 12.8 Å². The summed E-state index contributed by atoms with van der Waals surface area (Å²) >= 11 is 0. The molecule has 1 saturated carbocycles. The molecule has 1 unspecified atom stereocenters. The molecule has 1 fully saturated rings. The Kier molecular flexibility index (Phi) is 2.94. The molecule has 11 heavy (non-hydrogen) atoms. The quantitative estimate of drug-likeness (QED) is 0.650. The molecule has 0 radical (unpaired) electrons. The van der Waals surface area contributed by atoms with Crippen LogP contribution in [0.4, 0.5) is 0 Å². The molecular formula is C10H20O. The fourth-order valence-corrected chi connectivity index (χ4v) is 2.49. The molecule has 0 aliphatic heterocycles. The van der Waals surface area contributed by atoms with Gasteiger partial charge in [-0.05, 0) is 36.5 Å². The third-order valence-corrected chi connectivity index (χ3v) is 3.16. The van der Waals surface area contributed by atoms with Gasteiger partial charge in [0, 0.05) is 6.61 Å². The highest BCUT2D eigenvalue weighted by Gasteiger charge is 2.32. The zero-order valence-electron chi connectivity index (χ0n) is 7.88. The lowest BCUT2D eigenvalue weighted by Gasteiger charge is -2.18. The number of rotatable bonds is 2. The number of hydrogen-bond donors (Lipinski definition) is 1. The van der Waals surface area contributed by atoms with E-state index < -0.39 is 0 Å². The maximum Gasteiger partial charge on any atom is 0.0459 e. The standard InChI is InChI=1S/C10H20O/c1-7(2)10-5-9(6-11)4-8(10)3/h7-11H,4-6H2,1-3H3/t8-,9+,10?/m0/s1. The molecule has 0 aromatic carbocycles. The van der Waals surface area contributed by atoms with Gasteiger partial charge in [0.05, 0.1) is 0 Å². The van der Waals surface area contributed by atoms with Crippen molar-refractivity contribution < 1.29 is 5.11 Å². The SMILES string of the molecule is CC(C)C1C[C@H](CO)C[C@@H]1C. The van der Waals surface area contributed by atoms with Crippen molar-refractivity contribution in [2.75, 3.05) is 6.61 Å². The lowest BCUT2D eigenvalue weighted by atomic mass is 9.87. The molecule has 0 saturated heterocycles. The van der Waals surface area contributed by atoms with Crippen LogP contribution in [0.2, 0.25) is 0 Å². The van der Waals surface area contributed by atoms with Crippen LogP contribution in [-0.4, -0.2) is 11.7 Å². The summed E-state index contributed by atoms with van der Waals surface area (Å²) in [6.45, 7) is 7.30. The van der Waals surface area contributed by atoms with E-state index in [1.807, 2.05) is 0 Å². The average molecular weight is 156 g/mol. The second kappa shape index (κ2) is 3.57. The molecule has 1 aliphatic rings. The summed E-state index contributed by atoms with van der Waals surface area (Å²) in [5, 5.41) is 8.98. The highest BCUT2D eigenvalue weighted by molar-refractivity contribution is 4.82. The van der Waals surface area contributed by atoms with Crippen LogP contribution < -0.4 is 0 Å². The van der Waals surface area contributed by atoms with Gasteiger partial charge in [0.15, 0.2) is 0 Å². The molecule has 0 aromatic rings. The summed E-state index contributed by atoms with van der Waals surface area (Å²) < 4.78 is 0. The van der Waals surface area contributed by atoms with Crippen LogP contribution >= 0.6 is 0 Å². The molecule has 1 heteroatoms. The molecule has 0 spiro atoms. The topological polar surface area (TPSA) is 20.2 Å². The molecule has 1 rings (SSSR count). The number of aliphatic hydroxyl groups is 1. The predicted molar refractivity (Wildman–Crippen MR) is 47.3 cm³/mol. The summed E-state index contributed by atoms with van der Waals surface area (Å²) in [7, 11) is 0. The Bertz CT molecular complexity index is 120. The van der Waals surface area contributed by atoms with Gasteiger partial charge in [0.1, 0.15) is 0 Å². The van der Waals surface area contributed by atoms with Crippen molar-refractivity contribution in [2.45, 2.75) is 33.6 Å². The Morgan fingerprint density at radius 2 is 2.00 bits per heavy atom. The molecule has 1 N–H and O–H groups in total. The molecular weight excluding hydrogens is 136 g/mol. The monoisotopic (exact) mass is 156 g/mol. The number of aliphatic hydroxyl groups excluding tert-OH is 1. The van der Waals surface area contributed by atoms with Gasteiger partial charge in [-0.15, -0.1) is 0 Å². The molecule has 66 valence electrons. The fraction of sp³-hybridized carbons (Fsp3) is 1.00. The average Bonchev–Trinajstić information content (AvgIpc) is 2.30. The van der Waals surface area contributed by atoms with Crippen molar-refractivity contribution in [1.82, 2.24) is 0 Å². The first kappa shape index (κ1) is 9.05. The van der Waals surface area contributed by atoms with Gasteiger partial charge in [-0.3, -0.25) is 0 Å². The molecule has 3 atom stereocenters. The first-order chi connectivity index (χ1) is 5.15. The second-order valence-corrected chi connectivity index (χ2v) is 4.41. The van der Waals surface area contributed by atoms with E-state index in [1.54, 1.807) is 0 Å². The normalized spacial score (nSPS) is 38.5. The van der Waals surface area contributed by atoms with E-state index in [0.717, 1.165) is 17.8 Å². The van der Waals surface area contributed by atoms with E-state index in [2.05, 4.69) is 20.8 Å². The maximum atomic E-state index is 8.98. The van der Waals surface area contributed by atoms with Gasteiger partial charge in [-0.2, -0.15) is 0 Å². The molecule has 0 heterocycles. The van der Waals surface area contributed by atoms with Gasteiger partial charge >= 0.3 is 0 Å². The summed E-state index contributed by atoms with van der Waals surface area (Å²) in [5.41, 5.74) is 0. The Morgan fingerprint density at radius 1 is 1.36 bits per heavy atom. The summed E-state index contributed by atoms with van der Waals surface area (Å²) in [6.07, 6.45) is 2.48. The van der Waals surface area contributed by atoms with E-state index in [0.29, 0.717) is 12.5 Å². The fourth-order valence-electron chi connectivity index (χ4n) is 2.49. The Hall–Kier alpha value is -0.0400. The molecule has 1 aliphatic carbocycles. The first-order valence-electron chi connectivity index (χ1n) is 4.76. The van der Waals surface area contributed by atoms with Crippen LogP contribution in [0, 0.1) is 23.7 Å². The van der Waals surface area contributed by atoms with Gasteiger partial charge in [-0.1, -0.05) is 20.8 Å². The van der Waals surface area contributed by atoms with Crippen molar-refractivity contribution in [3.8, 4) is 0 Å². The minimum Gasteiger partial charge on any atom is -0.396 e. The van der Waals surface area contributed by atoms with E-state index in [-0.39, 0.29) is 0 Å². The van der Waals surface area contributed by atoms with Crippen LogP contribution in [-0.2, 0) is 0 Å². The van der Waals surface area contributed by atoms with Gasteiger partial charge in [-0.25, -0.2) is 0 Å². The number of hydrogen-bond acceptors (Lipinski definition) is 1. The van der Waals surface area contributed by atoms with Gasteiger partial charge < -0.3 is 5.11 Å². The largest absolute Gasteiger partial charge is 0.396 e.